The Kier molecular flexibility index (Phi) is 6.74. The van der Waals surface area contributed by atoms with Gasteiger partial charge in [-0.25, -0.2) is 0 Å². The average Bonchev–Trinajstić information content (AvgIpc) is 2.76. The third-order valence-corrected chi connectivity index (χ3v) is 4.92. The van der Waals surface area contributed by atoms with Gasteiger partial charge in [0.05, 0.1) is 27.4 Å². The highest BCUT2D eigenvalue weighted by molar-refractivity contribution is 5.95. The van der Waals surface area contributed by atoms with Gasteiger partial charge in [-0.15, -0.1) is 0 Å². The normalized spacial score (nSPS) is 10.8. The number of pyridine rings is 1. The van der Waals surface area contributed by atoms with Gasteiger partial charge in [0.25, 0.3) is 11.5 Å². The first kappa shape index (κ1) is 21.4. The summed E-state index contributed by atoms with van der Waals surface area (Å²) in [6.07, 6.45) is 0. The van der Waals surface area contributed by atoms with Crippen LogP contribution >= 0.6 is 0 Å². The summed E-state index contributed by atoms with van der Waals surface area (Å²) in [5.74, 6) is 0.782. The zero-order chi connectivity index (χ0) is 21.7. The lowest BCUT2D eigenvalue weighted by molar-refractivity contribution is 0.0679. The van der Waals surface area contributed by atoms with Gasteiger partial charge in [-0.3, -0.25) is 9.59 Å². The molecule has 0 spiro atoms. The number of nitrogens with one attached hydrogen (secondary N) is 1. The Labute approximate surface area is 175 Å². The zero-order valence-corrected chi connectivity index (χ0v) is 17.7. The van der Waals surface area contributed by atoms with Crippen molar-refractivity contribution in [2.24, 2.45) is 0 Å². The number of hydrogen-bond donors (Lipinski definition) is 1. The number of rotatable bonds is 8. The van der Waals surface area contributed by atoms with Crippen LogP contribution in [0.5, 0.6) is 11.5 Å². The fourth-order valence-corrected chi connectivity index (χ4v) is 3.30. The average molecular weight is 410 g/mol. The van der Waals surface area contributed by atoms with E-state index in [4.69, 9.17) is 14.2 Å². The van der Waals surface area contributed by atoms with E-state index in [-0.39, 0.29) is 18.0 Å². The summed E-state index contributed by atoms with van der Waals surface area (Å²) in [6.45, 7) is 2.85. The SMILES string of the molecule is COCCN(Cc1cc2cc(C)ccc2[nH]c1=O)C(=O)c1ccc(OC)c(OC)c1. The number of carbonyl (C=O) groups excluding carboxylic acids is 1. The van der Waals surface area contributed by atoms with Crippen molar-refractivity contribution in [1.29, 1.82) is 0 Å². The second-order valence-corrected chi connectivity index (χ2v) is 7.00. The molecule has 158 valence electrons. The number of amides is 1. The Morgan fingerprint density at radius 3 is 2.47 bits per heavy atom. The van der Waals surface area contributed by atoms with Crippen molar-refractivity contribution >= 4 is 16.8 Å². The van der Waals surface area contributed by atoms with Crippen molar-refractivity contribution in [3.8, 4) is 11.5 Å². The van der Waals surface area contributed by atoms with Crippen molar-refractivity contribution in [1.82, 2.24) is 9.88 Å². The van der Waals surface area contributed by atoms with E-state index in [2.05, 4.69) is 4.98 Å². The fraction of sp³-hybridized carbons (Fsp3) is 0.304. The standard InChI is InChI=1S/C23H26N2O5/c1-15-5-7-19-17(11-15)12-18(22(26)24-19)14-25(9-10-28-2)23(27)16-6-8-20(29-3)21(13-16)30-4/h5-8,11-13H,9-10,14H2,1-4H3,(H,24,26). The summed E-state index contributed by atoms with van der Waals surface area (Å²) in [5, 5.41) is 0.926. The number of aromatic amines is 1. The van der Waals surface area contributed by atoms with Gasteiger partial charge in [0.15, 0.2) is 11.5 Å². The third kappa shape index (κ3) is 4.63. The molecule has 7 nitrogen and oxygen atoms in total. The summed E-state index contributed by atoms with van der Waals surface area (Å²) < 4.78 is 15.7. The van der Waals surface area contributed by atoms with E-state index in [1.54, 1.807) is 30.2 Å². The van der Waals surface area contributed by atoms with E-state index in [0.717, 1.165) is 16.5 Å². The molecule has 0 radical (unpaired) electrons. The molecule has 2 aromatic carbocycles. The number of ether oxygens (including phenoxy) is 3. The Balaban J connectivity index is 1.94. The zero-order valence-electron chi connectivity index (χ0n) is 17.7. The van der Waals surface area contributed by atoms with Gasteiger partial charge in [-0.2, -0.15) is 0 Å². The molecule has 0 unspecified atom stereocenters. The molecule has 0 saturated carbocycles. The second-order valence-electron chi connectivity index (χ2n) is 7.00. The molecule has 1 amide bonds. The van der Waals surface area contributed by atoms with Crippen molar-refractivity contribution < 1.29 is 19.0 Å². The molecule has 0 aliphatic rings. The van der Waals surface area contributed by atoms with Crippen molar-refractivity contribution in [3.63, 3.8) is 0 Å². The quantitative estimate of drug-likeness (QED) is 0.617. The number of fused-ring (bicyclic) bond motifs is 1. The number of H-pyrrole nitrogens is 1. The first-order valence-electron chi connectivity index (χ1n) is 9.59. The van der Waals surface area contributed by atoms with E-state index >= 15 is 0 Å². The van der Waals surface area contributed by atoms with Gasteiger partial charge < -0.3 is 24.1 Å². The predicted molar refractivity (Wildman–Crippen MR) is 115 cm³/mol. The highest BCUT2D eigenvalue weighted by atomic mass is 16.5. The monoisotopic (exact) mass is 410 g/mol. The maximum atomic E-state index is 13.2. The van der Waals surface area contributed by atoms with Crippen LogP contribution in [0.4, 0.5) is 0 Å². The second kappa shape index (κ2) is 9.45. The number of aryl methyl sites for hydroxylation is 1. The van der Waals surface area contributed by atoms with Crippen LogP contribution in [0.3, 0.4) is 0 Å². The molecule has 0 aliphatic carbocycles. The van der Waals surface area contributed by atoms with Crippen molar-refractivity contribution in [2.45, 2.75) is 13.5 Å². The maximum Gasteiger partial charge on any atom is 0.254 e. The highest BCUT2D eigenvalue weighted by Crippen LogP contribution is 2.28. The Morgan fingerprint density at radius 2 is 1.77 bits per heavy atom. The summed E-state index contributed by atoms with van der Waals surface area (Å²) in [5.41, 5.74) is 2.60. The van der Waals surface area contributed by atoms with E-state index in [1.807, 2.05) is 31.2 Å². The van der Waals surface area contributed by atoms with E-state index < -0.39 is 0 Å². The predicted octanol–water partition coefficient (Wildman–Crippen LogP) is 3.14. The molecule has 1 heterocycles. The van der Waals surface area contributed by atoms with Gasteiger partial charge in [0.1, 0.15) is 0 Å². The van der Waals surface area contributed by atoms with Gasteiger partial charge in [0.2, 0.25) is 0 Å². The summed E-state index contributed by atoms with van der Waals surface area (Å²) in [6, 6.07) is 12.7. The Bertz CT molecular complexity index is 1110. The van der Waals surface area contributed by atoms with Crippen molar-refractivity contribution in [3.05, 3.63) is 69.5 Å². The largest absolute Gasteiger partial charge is 0.493 e. The molecule has 0 fully saturated rings. The summed E-state index contributed by atoms with van der Waals surface area (Å²) in [7, 11) is 4.63. The number of aromatic nitrogens is 1. The van der Waals surface area contributed by atoms with Crippen LogP contribution in [0, 0.1) is 6.92 Å². The molecule has 0 saturated heterocycles. The van der Waals surface area contributed by atoms with Crippen LogP contribution in [0.25, 0.3) is 10.9 Å². The molecule has 1 N–H and O–H groups in total. The van der Waals surface area contributed by atoms with Gasteiger partial charge >= 0.3 is 0 Å². The number of nitrogens with zero attached hydrogens (tertiary/aromatic N) is 1. The third-order valence-electron chi connectivity index (χ3n) is 4.92. The number of methoxy groups -OCH3 is 3. The smallest absolute Gasteiger partial charge is 0.254 e. The molecule has 3 aromatic rings. The minimum Gasteiger partial charge on any atom is -0.493 e. The van der Waals surface area contributed by atoms with Gasteiger partial charge in [-0.1, -0.05) is 11.6 Å². The van der Waals surface area contributed by atoms with Crippen LogP contribution in [-0.4, -0.2) is 50.3 Å². The van der Waals surface area contributed by atoms with Crippen molar-refractivity contribution in [2.75, 3.05) is 34.5 Å². The number of carbonyl (C=O) groups is 1. The van der Waals surface area contributed by atoms with Crippen LogP contribution in [0.2, 0.25) is 0 Å². The topological polar surface area (TPSA) is 80.9 Å². The molecule has 0 aliphatic heterocycles. The lowest BCUT2D eigenvalue weighted by atomic mass is 10.1. The van der Waals surface area contributed by atoms with Gasteiger partial charge in [-0.05, 0) is 48.7 Å². The minimum absolute atomic E-state index is 0.162. The van der Waals surface area contributed by atoms with Crippen LogP contribution in [0.1, 0.15) is 21.5 Å². The Hall–Kier alpha value is -3.32. The number of benzene rings is 2. The summed E-state index contributed by atoms with van der Waals surface area (Å²) in [4.78, 5) is 30.3. The first-order valence-corrected chi connectivity index (χ1v) is 9.59. The summed E-state index contributed by atoms with van der Waals surface area (Å²) >= 11 is 0. The maximum absolute atomic E-state index is 13.2. The highest BCUT2D eigenvalue weighted by Gasteiger charge is 2.19. The first-order chi connectivity index (χ1) is 14.5. The number of hydrogen-bond acceptors (Lipinski definition) is 5. The van der Waals surface area contributed by atoms with E-state index in [1.165, 1.54) is 14.2 Å². The fourth-order valence-electron chi connectivity index (χ4n) is 3.30. The molecule has 30 heavy (non-hydrogen) atoms. The van der Waals surface area contributed by atoms with Crippen LogP contribution in [-0.2, 0) is 11.3 Å². The molecule has 7 heteroatoms. The van der Waals surface area contributed by atoms with Crippen LogP contribution < -0.4 is 15.0 Å². The Morgan fingerprint density at radius 1 is 1.00 bits per heavy atom. The molecular weight excluding hydrogens is 384 g/mol. The molecule has 0 bridgehead atoms. The molecular formula is C23H26N2O5. The lowest BCUT2D eigenvalue weighted by Crippen LogP contribution is -2.35. The van der Waals surface area contributed by atoms with Crippen LogP contribution in [0.15, 0.2) is 47.3 Å². The van der Waals surface area contributed by atoms with E-state index in [0.29, 0.717) is 35.8 Å². The minimum atomic E-state index is -0.225. The van der Waals surface area contributed by atoms with Gasteiger partial charge in [0, 0.05) is 30.3 Å². The molecule has 0 atom stereocenters. The molecule has 1 aromatic heterocycles. The lowest BCUT2D eigenvalue weighted by Gasteiger charge is -2.23. The van der Waals surface area contributed by atoms with E-state index in [9.17, 15) is 9.59 Å². The molecule has 3 rings (SSSR count).